The van der Waals surface area contributed by atoms with Gasteiger partial charge in [-0.1, -0.05) is 32.4 Å². The Balaban J connectivity index is 2.75. The second-order valence-electron chi connectivity index (χ2n) is 7.22. The Kier molecular flexibility index (Phi) is 9.93. The van der Waals surface area contributed by atoms with Gasteiger partial charge in [-0.2, -0.15) is 0 Å². The molecule has 2 amide bonds. The van der Waals surface area contributed by atoms with Gasteiger partial charge in [0.25, 0.3) is 5.91 Å². The first kappa shape index (κ1) is 23.6. The van der Waals surface area contributed by atoms with Gasteiger partial charge in [-0.25, -0.2) is 0 Å². The van der Waals surface area contributed by atoms with Crippen molar-refractivity contribution < 1.29 is 29.6 Å². The van der Waals surface area contributed by atoms with Crippen molar-refractivity contribution in [1.29, 1.82) is 0 Å². The number of aliphatic hydroxyl groups is 3. The lowest BCUT2D eigenvalue weighted by Crippen LogP contribution is -2.55. The average Bonchev–Trinajstić information content (AvgIpc) is 2.81. The zero-order chi connectivity index (χ0) is 20.6. The molecular formula is C19H34N2O6. The van der Waals surface area contributed by atoms with Gasteiger partial charge in [0, 0.05) is 20.7 Å². The summed E-state index contributed by atoms with van der Waals surface area (Å²) in [5.41, 5.74) is 0. The van der Waals surface area contributed by atoms with Crippen molar-refractivity contribution in [2.24, 2.45) is 5.92 Å². The molecule has 156 valence electrons. The van der Waals surface area contributed by atoms with Gasteiger partial charge in [-0.3, -0.25) is 9.59 Å². The summed E-state index contributed by atoms with van der Waals surface area (Å²) < 4.78 is 5.04. The minimum absolute atomic E-state index is 0.192. The zero-order valence-corrected chi connectivity index (χ0v) is 16.7. The van der Waals surface area contributed by atoms with Crippen LogP contribution in [0.1, 0.15) is 39.5 Å². The van der Waals surface area contributed by atoms with Gasteiger partial charge in [0.1, 0.15) is 24.4 Å². The van der Waals surface area contributed by atoms with Gasteiger partial charge in [-0.05, 0) is 25.2 Å². The van der Waals surface area contributed by atoms with Gasteiger partial charge in [0.15, 0.2) is 6.10 Å². The lowest BCUT2D eigenvalue weighted by Gasteiger charge is -2.28. The molecule has 0 saturated carbocycles. The summed E-state index contributed by atoms with van der Waals surface area (Å²) >= 11 is 0. The summed E-state index contributed by atoms with van der Waals surface area (Å²) in [6.07, 6.45) is 0.163. The molecule has 1 aliphatic rings. The highest BCUT2D eigenvalue weighted by molar-refractivity contribution is 5.89. The van der Waals surface area contributed by atoms with Gasteiger partial charge in [0.2, 0.25) is 5.91 Å². The van der Waals surface area contributed by atoms with Crippen LogP contribution in [0.2, 0.25) is 0 Å². The number of amides is 2. The molecule has 1 aliphatic heterocycles. The molecule has 2 unspecified atom stereocenters. The Hall–Kier alpha value is -1.48. The Labute approximate surface area is 161 Å². The summed E-state index contributed by atoms with van der Waals surface area (Å²) in [7, 11) is 2.90. The maximum absolute atomic E-state index is 12.5. The van der Waals surface area contributed by atoms with E-state index in [1.54, 1.807) is 18.0 Å². The van der Waals surface area contributed by atoms with Gasteiger partial charge >= 0.3 is 0 Å². The second kappa shape index (κ2) is 11.4. The predicted molar refractivity (Wildman–Crippen MR) is 101 cm³/mol. The molecule has 8 nitrogen and oxygen atoms in total. The summed E-state index contributed by atoms with van der Waals surface area (Å²) in [6, 6.07) is -0.692. The van der Waals surface area contributed by atoms with Crippen LogP contribution in [0.5, 0.6) is 0 Å². The predicted octanol–water partition coefficient (Wildman–Crippen LogP) is -0.186. The van der Waals surface area contributed by atoms with Crippen molar-refractivity contribution in [3.63, 3.8) is 0 Å². The monoisotopic (exact) mass is 386 g/mol. The standard InChI is InChI=1S/C19H34N2O6/c1-5-12(2)9-10-14(22)15(23)16(24)17(27-4)18(25)20-13-8-6-7-11-21(3)19(13)26/h9-10,12-17,22-24H,5-8,11H2,1-4H3,(H,20,25)/b10-9+/t12?,13?,14-,15+,16-,17-/m1/s1. The zero-order valence-electron chi connectivity index (χ0n) is 16.7. The highest BCUT2D eigenvalue weighted by atomic mass is 16.5. The van der Waals surface area contributed by atoms with E-state index >= 15 is 0 Å². The van der Waals surface area contributed by atoms with Crippen LogP contribution in [0.3, 0.4) is 0 Å². The van der Waals surface area contributed by atoms with Crippen molar-refractivity contribution in [2.45, 2.75) is 70.0 Å². The highest BCUT2D eigenvalue weighted by Gasteiger charge is 2.37. The summed E-state index contributed by atoms with van der Waals surface area (Å²) in [4.78, 5) is 26.4. The van der Waals surface area contributed by atoms with Crippen LogP contribution in [0, 0.1) is 5.92 Å². The molecule has 27 heavy (non-hydrogen) atoms. The Morgan fingerprint density at radius 1 is 1.30 bits per heavy atom. The van der Waals surface area contributed by atoms with Crippen molar-refractivity contribution in [3.05, 3.63) is 12.2 Å². The number of ether oxygens (including phenoxy) is 1. The topological polar surface area (TPSA) is 119 Å². The first-order valence-corrected chi connectivity index (χ1v) is 9.53. The van der Waals surface area contributed by atoms with E-state index in [4.69, 9.17) is 4.74 Å². The SMILES string of the molecule is CCC(C)/C=C/[C@@H](O)[C@H](O)[C@@H](O)[C@@H](OC)C(=O)NC1CCCCN(C)C1=O. The number of likely N-dealkylation sites (N-methyl/N-ethyl adjacent to an activating group) is 1. The number of rotatable bonds is 9. The fourth-order valence-electron chi connectivity index (χ4n) is 2.92. The quantitative estimate of drug-likeness (QED) is 0.408. The molecule has 0 aromatic carbocycles. The number of carbonyl (C=O) groups is 2. The van der Waals surface area contributed by atoms with E-state index in [0.29, 0.717) is 13.0 Å². The molecule has 0 spiro atoms. The van der Waals surface area contributed by atoms with Crippen LogP contribution >= 0.6 is 0 Å². The highest BCUT2D eigenvalue weighted by Crippen LogP contribution is 2.14. The lowest BCUT2D eigenvalue weighted by molar-refractivity contribution is -0.151. The van der Waals surface area contributed by atoms with Crippen LogP contribution in [0.15, 0.2) is 12.2 Å². The molecule has 6 atom stereocenters. The van der Waals surface area contributed by atoms with Crippen LogP contribution < -0.4 is 5.32 Å². The number of nitrogens with one attached hydrogen (secondary N) is 1. The van der Waals surface area contributed by atoms with E-state index in [1.165, 1.54) is 13.2 Å². The molecule has 8 heteroatoms. The van der Waals surface area contributed by atoms with Gasteiger partial charge in [-0.15, -0.1) is 0 Å². The molecule has 4 N–H and O–H groups in total. The van der Waals surface area contributed by atoms with E-state index in [1.807, 2.05) is 13.8 Å². The Morgan fingerprint density at radius 3 is 2.56 bits per heavy atom. The fourth-order valence-corrected chi connectivity index (χ4v) is 2.92. The minimum atomic E-state index is -1.65. The number of hydrogen-bond acceptors (Lipinski definition) is 6. The van der Waals surface area contributed by atoms with Crippen molar-refractivity contribution in [2.75, 3.05) is 20.7 Å². The molecular weight excluding hydrogens is 352 g/mol. The molecule has 1 fully saturated rings. The van der Waals surface area contributed by atoms with Crippen LogP contribution in [0.4, 0.5) is 0 Å². The van der Waals surface area contributed by atoms with E-state index in [2.05, 4.69) is 5.32 Å². The molecule has 1 heterocycles. The summed E-state index contributed by atoms with van der Waals surface area (Å²) in [6.45, 7) is 4.58. The Morgan fingerprint density at radius 2 is 1.96 bits per heavy atom. The van der Waals surface area contributed by atoms with E-state index in [0.717, 1.165) is 19.3 Å². The number of methoxy groups -OCH3 is 1. The van der Waals surface area contributed by atoms with Crippen molar-refractivity contribution in [1.82, 2.24) is 10.2 Å². The Bertz CT molecular complexity index is 512. The van der Waals surface area contributed by atoms with Crippen molar-refractivity contribution >= 4 is 11.8 Å². The minimum Gasteiger partial charge on any atom is -0.387 e. The number of hydrogen-bond donors (Lipinski definition) is 4. The third-order valence-corrected chi connectivity index (χ3v) is 5.03. The smallest absolute Gasteiger partial charge is 0.252 e. The number of nitrogens with zero attached hydrogens (tertiary/aromatic N) is 1. The largest absolute Gasteiger partial charge is 0.387 e. The molecule has 0 aliphatic carbocycles. The lowest BCUT2D eigenvalue weighted by atomic mass is 9.99. The van der Waals surface area contributed by atoms with Gasteiger partial charge < -0.3 is 30.3 Å². The van der Waals surface area contributed by atoms with E-state index in [9.17, 15) is 24.9 Å². The normalized spacial score (nSPS) is 24.2. The van der Waals surface area contributed by atoms with Gasteiger partial charge in [0.05, 0.1) is 0 Å². The van der Waals surface area contributed by atoms with Crippen LogP contribution in [0.25, 0.3) is 0 Å². The first-order chi connectivity index (χ1) is 12.7. The number of likely N-dealkylation sites (tertiary alicyclic amines) is 1. The summed E-state index contributed by atoms with van der Waals surface area (Å²) in [5.74, 6) is -0.679. The average molecular weight is 386 g/mol. The fraction of sp³-hybridized carbons (Fsp3) is 0.789. The maximum atomic E-state index is 12.5. The number of aliphatic hydroxyl groups excluding tert-OH is 3. The number of allylic oxidation sites excluding steroid dienone is 1. The summed E-state index contributed by atoms with van der Waals surface area (Å²) in [5, 5.41) is 33.1. The molecule has 1 rings (SSSR count). The molecule has 0 aromatic heterocycles. The second-order valence-corrected chi connectivity index (χ2v) is 7.22. The van der Waals surface area contributed by atoms with E-state index in [-0.39, 0.29) is 11.8 Å². The molecule has 0 bridgehead atoms. The third kappa shape index (κ3) is 6.88. The maximum Gasteiger partial charge on any atom is 0.252 e. The number of carbonyl (C=O) groups excluding carboxylic acids is 2. The third-order valence-electron chi connectivity index (χ3n) is 5.03. The van der Waals surface area contributed by atoms with Crippen molar-refractivity contribution in [3.8, 4) is 0 Å². The molecule has 0 aromatic rings. The molecule has 0 radical (unpaired) electrons. The van der Waals surface area contributed by atoms with E-state index < -0.39 is 36.4 Å². The van der Waals surface area contributed by atoms with Crippen LogP contribution in [-0.2, 0) is 14.3 Å². The first-order valence-electron chi connectivity index (χ1n) is 9.53. The van der Waals surface area contributed by atoms with Crippen LogP contribution in [-0.4, -0.2) is 83.2 Å². The molecule has 1 saturated heterocycles.